The number of hydrogen-bond acceptors (Lipinski definition) is 5. The quantitative estimate of drug-likeness (QED) is 0.0318. The molecule has 0 saturated carbocycles. The monoisotopic (exact) mass is 1000 g/mol. The SMILES string of the molecule is CCCCCCCCCCCCCCCCCCCCCCCCCCCCCCCCCCCCCCCCC(=O)NC(COP(=O)(O)OCC[N+](C)(C)C)C(O)CCCCCCCCCCC. The van der Waals surface area contributed by atoms with Gasteiger partial charge in [-0.15, -0.1) is 0 Å². The van der Waals surface area contributed by atoms with Gasteiger partial charge in [-0.1, -0.05) is 309 Å². The fourth-order valence-corrected chi connectivity index (χ4v) is 10.5. The molecule has 9 heteroatoms. The first kappa shape index (κ1) is 68.5. The Bertz CT molecular complexity index is 1090. The van der Waals surface area contributed by atoms with Crippen LogP contribution in [0.4, 0.5) is 0 Å². The zero-order chi connectivity index (χ0) is 50.6. The van der Waals surface area contributed by atoms with Gasteiger partial charge in [0.05, 0.1) is 39.9 Å². The lowest BCUT2D eigenvalue weighted by atomic mass is 10.0. The van der Waals surface area contributed by atoms with E-state index in [9.17, 15) is 19.4 Å². The van der Waals surface area contributed by atoms with E-state index in [0.29, 0.717) is 23.9 Å². The van der Waals surface area contributed by atoms with Crippen molar-refractivity contribution in [2.45, 2.75) is 341 Å². The lowest BCUT2D eigenvalue weighted by Gasteiger charge is -2.26. The standard InChI is InChI=1S/C60H123N2O6P/c1-6-8-10-12-14-16-17-18-19-20-21-22-23-24-25-26-27-28-29-30-31-32-33-34-35-36-37-38-39-40-41-42-43-44-46-48-50-52-54-60(64)61-58(57-68-69(65,66)67-56-55-62(3,4)5)59(63)53-51-49-47-45-15-13-11-9-7-2/h58-59,63H,6-57H2,1-5H3,(H-,61,64,65,66)/p+1. The highest BCUT2D eigenvalue weighted by Crippen LogP contribution is 2.43. The van der Waals surface area contributed by atoms with Crippen LogP contribution in [0.25, 0.3) is 0 Å². The molecule has 0 bridgehead atoms. The zero-order valence-corrected chi connectivity index (χ0v) is 48.2. The highest BCUT2D eigenvalue weighted by atomic mass is 31.2. The Morgan fingerprint density at radius 3 is 0.971 bits per heavy atom. The van der Waals surface area contributed by atoms with E-state index in [1.807, 2.05) is 21.1 Å². The molecule has 3 atom stereocenters. The molecule has 8 nitrogen and oxygen atoms in total. The second kappa shape index (κ2) is 52.4. The Balaban J connectivity index is 3.73. The third kappa shape index (κ3) is 55.1. The number of hydrogen-bond donors (Lipinski definition) is 3. The summed E-state index contributed by atoms with van der Waals surface area (Å²) in [4.78, 5) is 23.2. The summed E-state index contributed by atoms with van der Waals surface area (Å²) in [7, 11) is 1.63. The molecule has 3 N–H and O–H groups in total. The van der Waals surface area contributed by atoms with Gasteiger partial charge in [0.15, 0.2) is 0 Å². The van der Waals surface area contributed by atoms with Gasteiger partial charge in [-0.3, -0.25) is 13.8 Å². The van der Waals surface area contributed by atoms with E-state index in [1.54, 1.807) is 0 Å². The number of likely N-dealkylation sites (N-methyl/N-ethyl adjacent to an activating group) is 1. The third-order valence-corrected chi connectivity index (χ3v) is 15.6. The average Bonchev–Trinajstić information content (AvgIpc) is 3.31. The molecule has 0 aliphatic heterocycles. The smallest absolute Gasteiger partial charge is 0.391 e. The molecule has 0 aliphatic carbocycles. The van der Waals surface area contributed by atoms with E-state index in [4.69, 9.17) is 9.05 Å². The predicted octanol–water partition coefficient (Wildman–Crippen LogP) is 18.8. The number of unbranched alkanes of at least 4 members (excludes halogenated alkanes) is 45. The number of amides is 1. The Kier molecular flexibility index (Phi) is 52.0. The van der Waals surface area contributed by atoms with Crippen molar-refractivity contribution in [1.29, 1.82) is 0 Å². The molecule has 0 rings (SSSR count). The molecule has 0 spiro atoms. The summed E-state index contributed by atoms with van der Waals surface area (Å²) in [5.74, 6) is -0.139. The minimum atomic E-state index is -4.31. The van der Waals surface area contributed by atoms with Gasteiger partial charge in [0.2, 0.25) is 5.91 Å². The predicted molar refractivity (Wildman–Crippen MR) is 300 cm³/mol. The van der Waals surface area contributed by atoms with Crippen LogP contribution < -0.4 is 5.32 Å². The lowest BCUT2D eigenvalue weighted by Crippen LogP contribution is -2.46. The van der Waals surface area contributed by atoms with Gasteiger partial charge in [0.1, 0.15) is 13.2 Å². The van der Waals surface area contributed by atoms with E-state index in [-0.39, 0.29) is 19.1 Å². The van der Waals surface area contributed by atoms with Gasteiger partial charge >= 0.3 is 7.82 Å². The Labute approximate surface area is 431 Å². The van der Waals surface area contributed by atoms with E-state index < -0.39 is 20.0 Å². The van der Waals surface area contributed by atoms with Gasteiger partial charge in [-0.05, 0) is 12.8 Å². The summed E-state index contributed by atoms with van der Waals surface area (Å²) in [5, 5.41) is 14.0. The molecule has 0 aromatic heterocycles. The zero-order valence-electron chi connectivity index (χ0n) is 47.3. The van der Waals surface area contributed by atoms with Crippen LogP contribution in [0.2, 0.25) is 0 Å². The third-order valence-electron chi connectivity index (χ3n) is 14.6. The number of aliphatic hydroxyl groups is 1. The minimum absolute atomic E-state index is 0.0785. The summed E-state index contributed by atoms with van der Waals surface area (Å²) < 4.78 is 23.7. The van der Waals surface area contributed by atoms with Crippen LogP contribution in [0.1, 0.15) is 328 Å². The maximum atomic E-state index is 12.9. The van der Waals surface area contributed by atoms with Crippen LogP contribution >= 0.6 is 7.82 Å². The van der Waals surface area contributed by atoms with Gasteiger partial charge in [0, 0.05) is 6.42 Å². The molecule has 0 aromatic rings. The fourth-order valence-electron chi connectivity index (χ4n) is 9.76. The van der Waals surface area contributed by atoms with Crippen molar-refractivity contribution in [2.24, 2.45) is 0 Å². The summed E-state index contributed by atoms with van der Waals surface area (Å²) in [6.45, 7) is 4.91. The van der Waals surface area contributed by atoms with Crippen molar-refractivity contribution in [3.63, 3.8) is 0 Å². The highest BCUT2D eigenvalue weighted by Gasteiger charge is 2.28. The number of quaternary nitrogens is 1. The van der Waals surface area contributed by atoms with Crippen molar-refractivity contribution in [3.8, 4) is 0 Å². The van der Waals surface area contributed by atoms with Gasteiger partial charge in [0.25, 0.3) is 0 Å². The first-order chi connectivity index (χ1) is 33.5. The number of nitrogens with zero attached hydrogens (tertiary/aromatic N) is 1. The fraction of sp³-hybridized carbons (Fsp3) is 0.983. The number of carbonyl (C=O) groups excluding carboxylic acids is 1. The van der Waals surface area contributed by atoms with Crippen LogP contribution in [0, 0.1) is 0 Å². The summed E-state index contributed by atoms with van der Waals surface area (Å²) >= 11 is 0. The van der Waals surface area contributed by atoms with Gasteiger partial charge < -0.3 is 19.8 Å². The number of aliphatic hydroxyl groups excluding tert-OH is 1. The number of nitrogens with one attached hydrogen (secondary N) is 1. The van der Waals surface area contributed by atoms with Crippen LogP contribution in [-0.4, -0.2) is 73.4 Å². The first-order valence-corrected chi connectivity index (χ1v) is 32.4. The molecule has 3 unspecified atom stereocenters. The molecule has 414 valence electrons. The maximum Gasteiger partial charge on any atom is 0.472 e. The molecule has 0 fully saturated rings. The lowest BCUT2D eigenvalue weighted by molar-refractivity contribution is -0.870. The van der Waals surface area contributed by atoms with Crippen LogP contribution in [0.5, 0.6) is 0 Å². The summed E-state index contributed by atoms with van der Waals surface area (Å²) in [6, 6.07) is -0.753. The second-order valence-electron chi connectivity index (χ2n) is 22.8. The molecular weight excluding hydrogens is 876 g/mol. The first-order valence-electron chi connectivity index (χ1n) is 30.9. The molecular formula is C60H124N2O6P+. The normalized spacial score (nSPS) is 13.8. The molecule has 0 aliphatic rings. The van der Waals surface area contributed by atoms with Gasteiger partial charge in [-0.25, -0.2) is 4.57 Å². The Hall–Kier alpha value is -0.500. The van der Waals surface area contributed by atoms with E-state index in [0.717, 1.165) is 38.5 Å². The summed E-state index contributed by atoms with van der Waals surface area (Å²) in [6.07, 6.45) is 63.7. The highest BCUT2D eigenvalue weighted by molar-refractivity contribution is 7.47. The average molecular weight is 1000 g/mol. The molecule has 0 aromatic carbocycles. The maximum absolute atomic E-state index is 12.9. The summed E-state index contributed by atoms with van der Waals surface area (Å²) in [5.41, 5.74) is 0. The topological polar surface area (TPSA) is 105 Å². The largest absolute Gasteiger partial charge is 0.472 e. The van der Waals surface area contributed by atoms with E-state index >= 15 is 0 Å². The second-order valence-corrected chi connectivity index (χ2v) is 24.3. The molecule has 0 saturated heterocycles. The van der Waals surface area contributed by atoms with Crippen LogP contribution in [0.3, 0.4) is 0 Å². The molecule has 1 amide bonds. The molecule has 69 heavy (non-hydrogen) atoms. The van der Waals surface area contributed by atoms with Crippen LogP contribution in [0.15, 0.2) is 0 Å². The van der Waals surface area contributed by atoms with Crippen LogP contribution in [-0.2, 0) is 18.4 Å². The molecule has 0 heterocycles. The Morgan fingerprint density at radius 1 is 0.435 bits per heavy atom. The van der Waals surface area contributed by atoms with Crippen molar-refractivity contribution < 1.29 is 32.9 Å². The van der Waals surface area contributed by atoms with Crippen molar-refractivity contribution >= 4 is 13.7 Å². The number of rotatable bonds is 58. The van der Waals surface area contributed by atoms with E-state index in [2.05, 4.69) is 19.2 Å². The number of carbonyl (C=O) groups is 1. The number of phosphoric ester groups is 1. The van der Waals surface area contributed by atoms with Gasteiger partial charge in [-0.2, -0.15) is 0 Å². The van der Waals surface area contributed by atoms with Crippen molar-refractivity contribution in [1.82, 2.24) is 5.32 Å². The minimum Gasteiger partial charge on any atom is -0.391 e. The van der Waals surface area contributed by atoms with Crippen molar-refractivity contribution in [2.75, 3.05) is 40.9 Å². The molecule has 0 radical (unpaired) electrons. The Morgan fingerprint density at radius 2 is 0.696 bits per heavy atom. The van der Waals surface area contributed by atoms with Crippen molar-refractivity contribution in [3.05, 3.63) is 0 Å². The van der Waals surface area contributed by atoms with E-state index in [1.165, 1.54) is 263 Å². The number of phosphoric acid groups is 1.